The molecular weight excluding hydrogens is 654 g/mol. The number of fused-ring (bicyclic) bond motifs is 2. The van der Waals surface area contributed by atoms with E-state index in [4.69, 9.17) is 30.8 Å². The van der Waals surface area contributed by atoms with Crippen molar-refractivity contribution in [1.82, 2.24) is 34.6 Å². The van der Waals surface area contributed by atoms with E-state index in [1.807, 2.05) is 18.2 Å². The molecule has 0 radical (unpaired) electrons. The maximum Gasteiger partial charge on any atom is 0.451 e. The van der Waals surface area contributed by atoms with E-state index in [0.717, 1.165) is 49.3 Å². The predicted octanol–water partition coefficient (Wildman–Crippen LogP) is 6.84. The first-order valence-corrected chi connectivity index (χ1v) is 16.1. The highest BCUT2D eigenvalue weighted by Gasteiger charge is 2.43. The summed E-state index contributed by atoms with van der Waals surface area (Å²) in [6.45, 7) is 5.18. The highest BCUT2D eigenvalue weighted by Crippen LogP contribution is 2.50. The van der Waals surface area contributed by atoms with Gasteiger partial charge in [-0.1, -0.05) is 23.7 Å². The fraction of sp³-hybridized carbons (Fsp3) is 0.394. The summed E-state index contributed by atoms with van der Waals surface area (Å²) in [4.78, 5) is 13.8. The van der Waals surface area contributed by atoms with Crippen LogP contribution in [0.15, 0.2) is 48.7 Å². The number of nitrogens with zero attached hydrogens (tertiary/aromatic N) is 6. The molecule has 2 fully saturated rings. The molecule has 3 aliphatic rings. The van der Waals surface area contributed by atoms with Gasteiger partial charge in [-0.15, -0.1) is 10.2 Å². The predicted molar refractivity (Wildman–Crippen MR) is 166 cm³/mol. The molecule has 0 bridgehead atoms. The van der Waals surface area contributed by atoms with Gasteiger partial charge in [0.1, 0.15) is 17.3 Å². The Balaban J connectivity index is 0.998. The summed E-state index contributed by atoms with van der Waals surface area (Å²) in [6.07, 6.45) is -0.314. The van der Waals surface area contributed by atoms with Crippen molar-refractivity contribution in [2.75, 3.05) is 19.7 Å². The lowest BCUT2D eigenvalue weighted by molar-refractivity contribution is -0.144. The summed E-state index contributed by atoms with van der Waals surface area (Å²) < 4.78 is 74.5. The standard InChI is InChI=1S/C33H30ClF4N7O3/c1-32(22-6-5-19(34)13-23(22)35)47-27-4-2-3-21(29(27)48-32)18-7-10-44(11-8-18)17-28-40-24-14-25(30-41-31(43-42-30)33(36,37)38)39-15-26(24)45(28)16-20-9-12-46-20/h2-6,13-15,18,20H,7-12,16-17H2,1H3,(H,41,42,43)/t20-,32-/m0/s1. The molecule has 0 saturated carbocycles. The fourth-order valence-electron chi connectivity index (χ4n) is 6.70. The molecule has 6 heterocycles. The third-order valence-electron chi connectivity index (χ3n) is 9.31. The van der Waals surface area contributed by atoms with Gasteiger partial charge in [0.15, 0.2) is 17.3 Å². The summed E-state index contributed by atoms with van der Waals surface area (Å²) >= 11 is 5.97. The molecule has 2 atom stereocenters. The molecule has 48 heavy (non-hydrogen) atoms. The van der Waals surface area contributed by atoms with Crippen molar-refractivity contribution in [1.29, 1.82) is 0 Å². The van der Waals surface area contributed by atoms with Gasteiger partial charge in [-0.25, -0.2) is 9.37 Å². The minimum absolute atomic E-state index is 0.0598. The van der Waals surface area contributed by atoms with Gasteiger partial charge in [0.2, 0.25) is 5.82 Å². The van der Waals surface area contributed by atoms with Crippen molar-refractivity contribution < 1.29 is 31.8 Å². The second kappa shape index (κ2) is 11.7. The zero-order valence-corrected chi connectivity index (χ0v) is 26.5. The van der Waals surface area contributed by atoms with Crippen molar-refractivity contribution in [3.8, 4) is 23.0 Å². The molecule has 1 N–H and O–H groups in total. The van der Waals surface area contributed by atoms with Gasteiger partial charge in [0, 0.05) is 24.1 Å². The van der Waals surface area contributed by atoms with Gasteiger partial charge in [-0.05, 0) is 68.6 Å². The Labute approximate surface area is 277 Å². The molecule has 3 aromatic heterocycles. The lowest BCUT2D eigenvalue weighted by Crippen LogP contribution is -2.35. The number of nitrogens with one attached hydrogen (secondary N) is 1. The molecule has 10 nitrogen and oxygen atoms in total. The number of likely N-dealkylation sites (tertiary alicyclic amines) is 1. The molecule has 0 spiro atoms. The molecule has 5 aromatic rings. The van der Waals surface area contributed by atoms with Gasteiger partial charge in [0.05, 0.1) is 42.0 Å². The molecule has 0 amide bonds. The molecule has 0 unspecified atom stereocenters. The zero-order valence-electron chi connectivity index (χ0n) is 25.7. The van der Waals surface area contributed by atoms with Crippen LogP contribution >= 0.6 is 11.6 Å². The highest BCUT2D eigenvalue weighted by atomic mass is 35.5. The normalized spacial score (nSPS) is 21.6. The van der Waals surface area contributed by atoms with Crippen LogP contribution in [0.4, 0.5) is 17.6 Å². The number of hydrogen-bond acceptors (Lipinski definition) is 8. The van der Waals surface area contributed by atoms with Gasteiger partial charge in [0.25, 0.3) is 5.79 Å². The SMILES string of the molecule is C[C@]1(c2ccc(Cl)cc2F)Oc2cccc(C3CCN(Cc4nc5cc(-c6nnc(C(F)(F)F)[nH]6)ncc5n4C[C@@H]4CCO4)CC3)c2O1. The quantitative estimate of drug-likeness (QED) is 0.186. The zero-order chi connectivity index (χ0) is 33.2. The van der Waals surface area contributed by atoms with Gasteiger partial charge >= 0.3 is 6.18 Å². The van der Waals surface area contributed by atoms with E-state index in [9.17, 15) is 17.6 Å². The number of ether oxygens (including phenoxy) is 3. The smallest absolute Gasteiger partial charge is 0.444 e. The average molecular weight is 684 g/mol. The number of piperidine rings is 1. The van der Waals surface area contributed by atoms with E-state index in [1.165, 1.54) is 6.07 Å². The van der Waals surface area contributed by atoms with Crippen LogP contribution in [0.3, 0.4) is 0 Å². The largest absolute Gasteiger partial charge is 0.451 e. The van der Waals surface area contributed by atoms with E-state index in [2.05, 4.69) is 29.6 Å². The molecule has 8 rings (SSSR count). The summed E-state index contributed by atoms with van der Waals surface area (Å²) in [5, 5.41) is 7.17. The van der Waals surface area contributed by atoms with Crippen LogP contribution in [-0.2, 0) is 29.8 Å². The van der Waals surface area contributed by atoms with Gasteiger partial charge in [-0.3, -0.25) is 9.88 Å². The number of H-pyrrole nitrogens is 1. The first-order chi connectivity index (χ1) is 23.0. The van der Waals surface area contributed by atoms with Crippen molar-refractivity contribution in [3.63, 3.8) is 0 Å². The van der Waals surface area contributed by atoms with Gasteiger partial charge < -0.3 is 23.8 Å². The first-order valence-electron chi connectivity index (χ1n) is 15.7. The van der Waals surface area contributed by atoms with Crippen LogP contribution in [0.2, 0.25) is 5.02 Å². The van der Waals surface area contributed by atoms with Crippen LogP contribution in [0.5, 0.6) is 11.5 Å². The number of halogens is 5. The third kappa shape index (κ3) is 5.65. The highest BCUT2D eigenvalue weighted by molar-refractivity contribution is 6.30. The van der Waals surface area contributed by atoms with Gasteiger partial charge in [-0.2, -0.15) is 13.2 Å². The maximum absolute atomic E-state index is 14.9. The molecule has 15 heteroatoms. The Morgan fingerprint density at radius 3 is 2.58 bits per heavy atom. The summed E-state index contributed by atoms with van der Waals surface area (Å²) in [5.41, 5.74) is 2.89. The summed E-state index contributed by atoms with van der Waals surface area (Å²) in [5.74, 6) is -0.841. The Kier molecular flexibility index (Phi) is 7.57. The molecule has 3 aliphatic heterocycles. The number of rotatable bonds is 7. The maximum atomic E-state index is 14.9. The van der Waals surface area contributed by atoms with E-state index >= 15 is 0 Å². The lowest BCUT2D eigenvalue weighted by Gasteiger charge is -2.33. The van der Waals surface area contributed by atoms with Crippen molar-refractivity contribution in [3.05, 3.63) is 82.3 Å². The number of hydrogen-bond donors (Lipinski definition) is 1. The molecule has 0 aliphatic carbocycles. The number of aromatic amines is 1. The second-order valence-corrected chi connectivity index (χ2v) is 12.9. The monoisotopic (exact) mass is 683 g/mol. The molecule has 2 aromatic carbocycles. The van der Waals surface area contributed by atoms with Crippen LogP contribution < -0.4 is 9.47 Å². The van der Waals surface area contributed by atoms with E-state index in [1.54, 1.807) is 31.3 Å². The lowest BCUT2D eigenvalue weighted by atomic mass is 9.88. The van der Waals surface area contributed by atoms with Crippen LogP contribution in [0.1, 0.15) is 54.9 Å². The number of aromatic nitrogens is 6. The number of pyridine rings is 1. The molecular formula is C33H30ClF4N7O3. The first kappa shape index (κ1) is 31.0. The minimum Gasteiger partial charge on any atom is -0.444 e. The molecule has 250 valence electrons. The Morgan fingerprint density at radius 2 is 1.88 bits per heavy atom. The van der Waals surface area contributed by atoms with Crippen LogP contribution in [-0.4, -0.2) is 60.4 Å². The fourth-order valence-corrected chi connectivity index (χ4v) is 6.86. The number of alkyl halides is 3. The Bertz CT molecular complexity index is 2010. The Hall–Kier alpha value is -4.27. The second-order valence-electron chi connectivity index (χ2n) is 12.5. The van der Waals surface area contributed by atoms with Crippen molar-refractivity contribution in [2.45, 2.75) is 63.3 Å². The third-order valence-corrected chi connectivity index (χ3v) is 9.55. The van der Waals surface area contributed by atoms with Crippen molar-refractivity contribution in [2.24, 2.45) is 0 Å². The summed E-state index contributed by atoms with van der Waals surface area (Å²) in [7, 11) is 0. The Morgan fingerprint density at radius 1 is 1.06 bits per heavy atom. The topological polar surface area (TPSA) is 103 Å². The van der Waals surface area contributed by atoms with E-state index in [-0.39, 0.29) is 29.1 Å². The summed E-state index contributed by atoms with van der Waals surface area (Å²) in [6, 6.07) is 11.9. The van der Waals surface area contributed by atoms with E-state index in [0.29, 0.717) is 41.7 Å². The number of para-hydroxylation sites is 1. The average Bonchev–Trinajstić information content (AvgIpc) is 3.74. The number of imidazole rings is 1. The van der Waals surface area contributed by atoms with Crippen LogP contribution in [0.25, 0.3) is 22.6 Å². The van der Waals surface area contributed by atoms with Crippen molar-refractivity contribution >= 4 is 22.6 Å². The van der Waals surface area contributed by atoms with Crippen LogP contribution in [0, 0.1) is 5.82 Å². The number of benzene rings is 2. The minimum atomic E-state index is -4.64. The molecule has 2 saturated heterocycles. The van der Waals surface area contributed by atoms with E-state index < -0.39 is 23.6 Å².